The molecule has 1 heterocycles. The minimum atomic E-state index is 0.561. The Hall–Kier alpha value is -1.84. The van der Waals surface area contributed by atoms with Gasteiger partial charge in [0.05, 0.1) is 16.9 Å². The van der Waals surface area contributed by atoms with Crippen molar-refractivity contribution in [3.05, 3.63) is 24.2 Å². The Balaban J connectivity index is 2.81. The molecule has 0 aliphatic carbocycles. The number of nitrogen functional groups attached to an aromatic ring is 2. The molecule has 0 radical (unpaired) electrons. The minimum absolute atomic E-state index is 0.561. The van der Waals surface area contributed by atoms with E-state index in [4.69, 9.17) is 11.5 Å². The van der Waals surface area contributed by atoms with E-state index in [9.17, 15) is 0 Å². The summed E-state index contributed by atoms with van der Waals surface area (Å²) in [7, 11) is 0. The molecule has 2 aromatic rings. The summed E-state index contributed by atoms with van der Waals surface area (Å²) in [5, 5.41) is 0.914. The highest BCUT2D eigenvalue weighted by atomic mass is 14.9. The third-order valence-corrected chi connectivity index (χ3v) is 1.91. The zero-order valence-corrected chi connectivity index (χ0v) is 7.28. The monoisotopic (exact) mass is 174 g/mol. The summed E-state index contributed by atoms with van der Waals surface area (Å²) < 4.78 is 0. The Kier molecular flexibility index (Phi) is 1.55. The van der Waals surface area contributed by atoms with Gasteiger partial charge in [-0.2, -0.15) is 0 Å². The van der Waals surface area contributed by atoms with Crippen molar-refractivity contribution in [2.24, 2.45) is 0 Å². The Morgan fingerprint density at radius 2 is 1.85 bits per heavy atom. The summed E-state index contributed by atoms with van der Waals surface area (Å²) in [4.78, 5) is 8.30. The van der Waals surface area contributed by atoms with Gasteiger partial charge in [0.25, 0.3) is 0 Å². The van der Waals surface area contributed by atoms with Crippen LogP contribution >= 0.6 is 0 Å². The highest BCUT2D eigenvalue weighted by Crippen LogP contribution is 2.21. The highest BCUT2D eigenvalue weighted by Gasteiger charge is 2.00. The summed E-state index contributed by atoms with van der Waals surface area (Å²) in [6, 6.07) is 3.55. The molecule has 0 aliphatic rings. The molecule has 0 bridgehead atoms. The average Bonchev–Trinajstić information content (AvgIpc) is 2.08. The Morgan fingerprint density at radius 3 is 2.62 bits per heavy atom. The third-order valence-electron chi connectivity index (χ3n) is 1.91. The molecule has 0 fully saturated rings. The van der Waals surface area contributed by atoms with Gasteiger partial charge in [0.2, 0.25) is 0 Å². The summed E-state index contributed by atoms with van der Waals surface area (Å²) in [6.45, 7) is 1.84. The Labute approximate surface area is 75.6 Å². The lowest BCUT2D eigenvalue weighted by Crippen LogP contribution is -1.96. The number of aryl methyl sites for hydroxylation is 1. The summed E-state index contributed by atoms with van der Waals surface area (Å²) in [6.07, 6.45) is 1.74. The maximum atomic E-state index is 5.65. The number of hydrogen-bond acceptors (Lipinski definition) is 4. The first-order valence-electron chi connectivity index (χ1n) is 3.95. The van der Waals surface area contributed by atoms with Gasteiger partial charge in [-0.1, -0.05) is 0 Å². The summed E-state index contributed by atoms with van der Waals surface area (Å²) in [5.41, 5.74) is 13.3. The Bertz CT molecular complexity index is 464. The van der Waals surface area contributed by atoms with Crippen molar-refractivity contribution in [3.8, 4) is 0 Å². The number of fused-ring (bicyclic) bond motifs is 1. The fourth-order valence-electron chi connectivity index (χ4n) is 1.21. The molecule has 4 N–H and O–H groups in total. The Morgan fingerprint density at radius 1 is 1.15 bits per heavy atom. The number of nitrogens with zero attached hydrogens (tertiary/aromatic N) is 2. The molecule has 0 amide bonds. The molecular weight excluding hydrogens is 164 g/mol. The number of nitrogens with two attached hydrogens (primary N) is 2. The van der Waals surface area contributed by atoms with E-state index in [0.717, 1.165) is 16.7 Å². The molecule has 4 heteroatoms. The van der Waals surface area contributed by atoms with E-state index >= 15 is 0 Å². The SMILES string of the molecule is Cc1ncc2cc(N)c(N)cc2n1. The molecule has 0 unspecified atom stereocenters. The average molecular weight is 174 g/mol. The number of anilines is 2. The van der Waals surface area contributed by atoms with Crippen molar-refractivity contribution >= 4 is 22.3 Å². The first kappa shape index (κ1) is 7.79. The second kappa shape index (κ2) is 2.58. The van der Waals surface area contributed by atoms with E-state index in [-0.39, 0.29) is 0 Å². The van der Waals surface area contributed by atoms with E-state index in [0.29, 0.717) is 11.4 Å². The van der Waals surface area contributed by atoms with E-state index in [1.54, 1.807) is 18.3 Å². The minimum Gasteiger partial charge on any atom is -0.397 e. The lowest BCUT2D eigenvalue weighted by Gasteiger charge is -2.02. The first-order chi connectivity index (χ1) is 6.16. The van der Waals surface area contributed by atoms with Gasteiger partial charge in [0.1, 0.15) is 5.82 Å². The van der Waals surface area contributed by atoms with Crippen molar-refractivity contribution in [1.29, 1.82) is 0 Å². The topological polar surface area (TPSA) is 77.8 Å². The van der Waals surface area contributed by atoms with Crippen LogP contribution in [0, 0.1) is 6.92 Å². The lowest BCUT2D eigenvalue weighted by atomic mass is 10.2. The molecule has 2 rings (SSSR count). The van der Waals surface area contributed by atoms with Crippen molar-refractivity contribution in [2.75, 3.05) is 11.5 Å². The van der Waals surface area contributed by atoms with Crippen molar-refractivity contribution in [1.82, 2.24) is 9.97 Å². The zero-order valence-electron chi connectivity index (χ0n) is 7.28. The largest absolute Gasteiger partial charge is 0.397 e. The van der Waals surface area contributed by atoms with Crippen LogP contribution < -0.4 is 11.5 Å². The number of rotatable bonds is 0. The van der Waals surface area contributed by atoms with Crippen LogP contribution in [-0.4, -0.2) is 9.97 Å². The van der Waals surface area contributed by atoms with Crippen molar-refractivity contribution in [3.63, 3.8) is 0 Å². The quantitative estimate of drug-likeness (QED) is 0.586. The van der Waals surface area contributed by atoms with Crippen molar-refractivity contribution < 1.29 is 0 Å². The van der Waals surface area contributed by atoms with Gasteiger partial charge >= 0.3 is 0 Å². The van der Waals surface area contributed by atoms with Gasteiger partial charge in [-0.25, -0.2) is 9.97 Å². The lowest BCUT2D eigenvalue weighted by molar-refractivity contribution is 1.09. The van der Waals surface area contributed by atoms with Crippen LogP contribution in [0.5, 0.6) is 0 Å². The van der Waals surface area contributed by atoms with E-state index in [1.165, 1.54) is 0 Å². The molecular formula is C9H10N4. The van der Waals surface area contributed by atoms with Gasteiger partial charge in [-0.15, -0.1) is 0 Å². The molecule has 4 nitrogen and oxygen atoms in total. The van der Waals surface area contributed by atoms with Gasteiger partial charge in [0, 0.05) is 11.6 Å². The molecule has 0 saturated carbocycles. The predicted molar refractivity (Wildman–Crippen MR) is 53.1 cm³/mol. The first-order valence-corrected chi connectivity index (χ1v) is 3.95. The highest BCUT2D eigenvalue weighted by molar-refractivity contribution is 5.87. The fourth-order valence-corrected chi connectivity index (χ4v) is 1.21. The van der Waals surface area contributed by atoms with Crippen LogP contribution in [-0.2, 0) is 0 Å². The van der Waals surface area contributed by atoms with Crippen LogP contribution in [0.3, 0.4) is 0 Å². The number of aromatic nitrogens is 2. The molecule has 1 aromatic carbocycles. The predicted octanol–water partition coefficient (Wildman–Crippen LogP) is 1.10. The fraction of sp³-hybridized carbons (Fsp3) is 0.111. The summed E-state index contributed by atoms with van der Waals surface area (Å²) in [5.74, 6) is 0.733. The molecule has 0 aliphatic heterocycles. The standard InChI is InChI=1S/C9H10N4/c1-5-12-4-6-2-7(10)8(11)3-9(6)13-5/h2-4H,10-11H2,1H3. The zero-order chi connectivity index (χ0) is 9.42. The van der Waals surface area contributed by atoms with Gasteiger partial charge in [-0.3, -0.25) is 0 Å². The van der Waals surface area contributed by atoms with Crippen LogP contribution in [0.25, 0.3) is 10.9 Å². The summed E-state index contributed by atoms with van der Waals surface area (Å²) >= 11 is 0. The molecule has 1 aromatic heterocycles. The maximum absolute atomic E-state index is 5.65. The maximum Gasteiger partial charge on any atom is 0.125 e. The van der Waals surface area contributed by atoms with Gasteiger partial charge < -0.3 is 11.5 Å². The van der Waals surface area contributed by atoms with Crippen LogP contribution in [0.2, 0.25) is 0 Å². The smallest absolute Gasteiger partial charge is 0.125 e. The normalized spacial score (nSPS) is 10.5. The van der Waals surface area contributed by atoms with Crippen LogP contribution in [0.4, 0.5) is 11.4 Å². The number of benzene rings is 1. The van der Waals surface area contributed by atoms with Gasteiger partial charge in [0.15, 0.2) is 0 Å². The second-order valence-corrected chi connectivity index (χ2v) is 2.96. The molecule has 13 heavy (non-hydrogen) atoms. The second-order valence-electron chi connectivity index (χ2n) is 2.96. The number of hydrogen-bond donors (Lipinski definition) is 2. The molecule has 0 spiro atoms. The van der Waals surface area contributed by atoms with E-state index in [2.05, 4.69) is 9.97 Å². The molecule has 0 atom stereocenters. The van der Waals surface area contributed by atoms with Gasteiger partial charge in [-0.05, 0) is 19.1 Å². The van der Waals surface area contributed by atoms with Crippen LogP contribution in [0.15, 0.2) is 18.3 Å². The van der Waals surface area contributed by atoms with Crippen molar-refractivity contribution in [2.45, 2.75) is 6.92 Å². The van der Waals surface area contributed by atoms with E-state index < -0.39 is 0 Å². The van der Waals surface area contributed by atoms with Crippen LogP contribution in [0.1, 0.15) is 5.82 Å². The molecule has 0 saturated heterocycles. The van der Waals surface area contributed by atoms with E-state index in [1.807, 2.05) is 6.92 Å². The molecule has 66 valence electrons. The third kappa shape index (κ3) is 1.26.